The smallest absolute Gasteiger partial charge is 0.358 e. The summed E-state index contributed by atoms with van der Waals surface area (Å²) in [7, 11) is 0. The van der Waals surface area contributed by atoms with Gasteiger partial charge in [0.1, 0.15) is 0 Å². The minimum Gasteiger partial charge on any atom is -0.481 e. The number of hydrogen-bond donors (Lipinski definition) is 3. The molecule has 0 amide bonds. The topological polar surface area (TPSA) is 128 Å². The summed E-state index contributed by atoms with van der Waals surface area (Å²) in [5.41, 5.74) is 4.67. The van der Waals surface area contributed by atoms with Gasteiger partial charge in [-0.3, -0.25) is 9.59 Å². The maximum atomic E-state index is 11.9. The van der Waals surface area contributed by atoms with E-state index in [0.29, 0.717) is 13.1 Å². The molecule has 1 atom stereocenters. The third-order valence-electron chi connectivity index (χ3n) is 2.23. The maximum Gasteiger partial charge on any atom is 0.358 e. The molecular formula is C10H15N3O5. The molecule has 0 bridgehead atoms. The molecule has 0 fully saturated rings. The van der Waals surface area contributed by atoms with Crippen molar-refractivity contribution in [2.75, 3.05) is 13.1 Å². The number of carboxylic acids is 1. The van der Waals surface area contributed by atoms with Crippen LogP contribution in [0.4, 0.5) is 0 Å². The van der Waals surface area contributed by atoms with Crippen molar-refractivity contribution < 1.29 is 19.2 Å². The van der Waals surface area contributed by atoms with Gasteiger partial charge in [-0.15, -0.1) is 4.74 Å². The quantitative estimate of drug-likeness (QED) is 0.563. The normalized spacial score (nSPS) is 12.3. The molecule has 1 heterocycles. The second-order valence-electron chi connectivity index (χ2n) is 3.62. The molecule has 0 unspecified atom stereocenters. The first-order chi connectivity index (χ1) is 8.54. The predicted molar refractivity (Wildman–Crippen MR) is 61.3 cm³/mol. The number of aliphatic carboxylic acids is 1. The van der Waals surface area contributed by atoms with Gasteiger partial charge in [0.2, 0.25) is 0 Å². The maximum absolute atomic E-state index is 11.9. The highest BCUT2D eigenvalue weighted by molar-refractivity contribution is 5.83. The summed E-state index contributed by atoms with van der Waals surface area (Å²) < 4.78 is 5.40. The van der Waals surface area contributed by atoms with Gasteiger partial charge in [0.15, 0.2) is 0 Å². The van der Waals surface area contributed by atoms with E-state index in [4.69, 9.17) is 10.8 Å². The average Bonchev–Trinajstić information content (AvgIpc) is 2.75. The van der Waals surface area contributed by atoms with Crippen molar-refractivity contribution in [3.05, 3.63) is 22.7 Å². The van der Waals surface area contributed by atoms with Gasteiger partial charge < -0.3 is 20.7 Å². The zero-order valence-corrected chi connectivity index (χ0v) is 9.67. The number of hydrogen-bond acceptors (Lipinski definition) is 6. The number of nitrogens with one attached hydrogen (secondary N) is 1. The predicted octanol–water partition coefficient (Wildman–Crippen LogP) is -1.14. The van der Waals surface area contributed by atoms with Crippen LogP contribution >= 0.6 is 0 Å². The summed E-state index contributed by atoms with van der Waals surface area (Å²) in [6, 6.07) is 0.356. The number of nitrogens with two attached hydrogens (primary N) is 1. The molecular weight excluding hydrogens is 242 g/mol. The Morgan fingerprint density at radius 1 is 1.56 bits per heavy atom. The molecule has 0 aromatic carbocycles. The van der Waals surface area contributed by atoms with E-state index in [1.54, 1.807) is 0 Å². The fourth-order valence-corrected chi connectivity index (χ4v) is 1.40. The number of aromatic nitrogens is 1. The third kappa shape index (κ3) is 4.15. The molecule has 8 heteroatoms. The average molecular weight is 257 g/mol. The van der Waals surface area contributed by atoms with Crippen LogP contribution in [0.15, 0.2) is 21.6 Å². The van der Waals surface area contributed by atoms with E-state index in [-0.39, 0.29) is 12.8 Å². The number of carbonyl (C=O) groups excluding carboxylic acids is 1. The van der Waals surface area contributed by atoms with Crippen LogP contribution in [0.5, 0.6) is 0 Å². The second-order valence-corrected chi connectivity index (χ2v) is 3.62. The first kappa shape index (κ1) is 14.1. The number of carboxylic acid groups (broad SMARTS) is 1. The van der Waals surface area contributed by atoms with Gasteiger partial charge in [0.05, 0.1) is 12.2 Å². The first-order valence-corrected chi connectivity index (χ1v) is 5.43. The fourth-order valence-electron chi connectivity index (χ4n) is 1.40. The molecule has 8 nitrogen and oxygen atoms in total. The summed E-state index contributed by atoms with van der Waals surface area (Å²) in [6.07, 6.45) is 1.12. The molecule has 4 N–H and O–H groups in total. The summed E-state index contributed by atoms with van der Waals surface area (Å²) in [5.74, 6) is -1.52. The zero-order valence-electron chi connectivity index (χ0n) is 9.67. The Hall–Kier alpha value is -1.93. The largest absolute Gasteiger partial charge is 0.481 e. The zero-order chi connectivity index (χ0) is 13.5. The lowest BCUT2D eigenvalue weighted by atomic mass is 10.1. The van der Waals surface area contributed by atoms with E-state index in [1.807, 2.05) is 0 Å². The number of rotatable bonds is 7. The van der Waals surface area contributed by atoms with Crippen LogP contribution in [0.3, 0.4) is 0 Å². The van der Waals surface area contributed by atoms with E-state index < -0.39 is 23.5 Å². The fraction of sp³-hybridized carbons (Fsp3) is 0.500. The van der Waals surface area contributed by atoms with Crippen LogP contribution in [0, 0.1) is 0 Å². The highest BCUT2D eigenvalue weighted by Gasteiger charge is 2.21. The van der Waals surface area contributed by atoms with Crippen LogP contribution in [0.2, 0.25) is 0 Å². The summed E-state index contributed by atoms with van der Waals surface area (Å²) in [6.45, 7) is 0.675. The third-order valence-corrected chi connectivity index (χ3v) is 2.23. The van der Waals surface area contributed by atoms with Crippen molar-refractivity contribution in [3.8, 4) is 0 Å². The van der Waals surface area contributed by atoms with Crippen LogP contribution in [0.25, 0.3) is 0 Å². The molecule has 0 aliphatic heterocycles. The van der Waals surface area contributed by atoms with Crippen LogP contribution in [-0.4, -0.2) is 40.9 Å². The van der Waals surface area contributed by atoms with Crippen molar-refractivity contribution in [3.63, 3.8) is 0 Å². The summed E-state index contributed by atoms with van der Waals surface area (Å²) in [4.78, 5) is 33.2. The van der Waals surface area contributed by atoms with Gasteiger partial charge in [0, 0.05) is 25.6 Å². The van der Waals surface area contributed by atoms with Gasteiger partial charge in [0.25, 0.3) is 5.91 Å². The van der Waals surface area contributed by atoms with Crippen molar-refractivity contribution in [1.82, 2.24) is 10.1 Å². The van der Waals surface area contributed by atoms with Gasteiger partial charge in [-0.2, -0.15) is 0 Å². The Bertz CT molecular complexity index is 464. The molecule has 0 spiro atoms. The Morgan fingerprint density at radius 3 is 2.78 bits per heavy atom. The Balaban J connectivity index is 2.71. The second kappa shape index (κ2) is 6.72. The van der Waals surface area contributed by atoms with Crippen molar-refractivity contribution in [2.45, 2.75) is 18.9 Å². The Labute approximate surface area is 102 Å². The Kier molecular flexibility index (Phi) is 5.28. The SMILES string of the molecule is NCCN[C@@H](CCC(=O)O)C(=O)n1ccc(=O)o1. The van der Waals surface area contributed by atoms with Crippen molar-refractivity contribution in [1.29, 1.82) is 0 Å². The molecule has 1 rings (SSSR count). The van der Waals surface area contributed by atoms with Crippen LogP contribution < -0.4 is 16.7 Å². The minimum atomic E-state index is -1.00. The van der Waals surface area contributed by atoms with E-state index in [0.717, 1.165) is 10.8 Å². The molecule has 0 aliphatic rings. The number of nitrogens with zero attached hydrogens (tertiary/aromatic N) is 1. The molecule has 1 aromatic heterocycles. The van der Waals surface area contributed by atoms with E-state index in [2.05, 4.69) is 9.84 Å². The first-order valence-electron chi connectivity index (χ1n) is 5.43. The van der Waals surface area contributed by atoms with Gasteiger partial charge in [-0.1, -0.05) is 0 Å². The lowest BCUT2D eigenvalue weighted by Crippen LogP contribution is -2.42. The molecule has 1 aromatic rings. The standard InChI is InChI=1S/C10H15N3O5/c11-4-5-12-7(1-2-8(14)15)10(17)13-6-3-9(16)18-13/h3,6-7,12H,1-2,4-5,11H2,(H,14,15)/t7-/m0/s1. The molecule has 0 saturated heterocycles. The molecule has 0 aliphatic carbocycles. The highest BCUT2D eigenvalue weighted by Crippen LogP contribution is 2.01. The van der Waals surface area contributed by atoms with Crippen LogP contribution in [0.1, 0.15) is 17.6 Å². The molecule has 18 heavy (non-hydrogen) atoms. The van der Waals surface area contributed by atoms with E-state index in [1.165, 1.54) is 6.20 Å². The van der Waals surface area contributed by atoms with Gasteiger partial charge in [-0.25, -0.2) is 4.79 Å². The van der Waals surface area contributed by atoms with E-state index in [9.17, 15) is 14.4 Å². The molecule has 0 radical (unpaired) electrons. The lowest BCUT2D eigenvalue weighted by Gasteiger charge is -2.15. The highest BCUT2D eigenvalue weighted by atomic mass is 16.5. The lowest BCUT2D eigenvalue weighted by molar-refractivity contribution is -0.137. The Morgan fingerprint density at radius 2 is 2.28 bits per heavy atom. The number of carbonyl (C=O) groups is 2. The van der Waals surface area contributed by atoms with E-state index >= 15 is 0 Å². The summed E-state index contributed by atoms with van der Waals surface area (Å²) >= 11 is 0. The molecule has 100 valence electrons. The van der Waals surface area contributed by atoms with Crippen LogP contribution in [-0.2, 0) is 4.79 Å². The van der Waals surface area contributed by atoms with Crippen molar-refractivity contribution >= 4 is 11.9 Å². The minimum absolute atomic E-state index is 0.0933. The van der Waals surface area contributed by atoms with Gasteiger partial charge >= 0.3 is 11.6 Å². The summed E-state index contributed by atoms with van der Waals surface area (Å²) in [5, 5.41) is 11.4. The van der Waals surface area contributed by atoms with Gasteiger partial charge in [-0.05, 0) is 6.42 Å². The monoisotopic (exact) mass is 257 g/mol. The molecule has 0 saturated carbocycles. The van der Waals surface area contributed by atoms with Crippen molar-refractivity contribution in [2.24, 2.45) is 5.73 Å².